The molecule has 84 valence electrons. The maximum atomic E-state index is 11.4. The van der Waals surface area contributed by atoms with Crippen LogP contribution in [-0.2, 0) is 9.59 Å². The second-order valence-corrected chi connectivity index (χ2v) is 4.26. The van der Waals surface area contributed by atoms with Crippen molar-refractivity contribution in [2.45, 2.75) is 0 Å². The van der Waals surface area contributed by atoms with Crippen LogP contribution in [0.4, 0.5) is 4.79 Å². The van der Waals surface area contributed by atoms with Gasteiger partial charge in [0.1, 0.15) is 5.57 Å². The second-order valence-electron chi connectivity index (χ2n) is 3.14. The molecule has 0 atom stereocenters. The zero-order valence-electron chi connectivity index (χ0n) is 8.44. The molecule has 0 aromatic carbocycles. The van der Waals surface area contributed by atoms with E-state index >= 15 is 0 Å². The molecule has 0 bridgehead atoms. The van der Waals surface area contributed by atoms with E-state index in [0.29, 0.717) is 9.75 Å². The predicted molar refractivity (Wildman–Crippen MR) is 61.9 cm³/mol. The molecule has 2 heterocycles. The molecule has 6 heteroatoms. The number of carbonyl (C=O) groups is 3. The van der Waals surface area contributed by atoms with Crippen LogP contribution in [0.2, 0.25) is 0 Å². The number of hydrogen-bond donors (Lipinski definition) is 2. The van der Waals surface area contributed by atoms with Gasteiger partial charge in [-0.05, 0) is 18.2 Å². The monoisotopic (exact) mass is 246 g/mol. The average molecular weight is 246 g/mol. The van der Waals surface area contributed by atoms with Crippen molar-refractivity contribution in [2.24, 2.45) is 0 Å². The van der Waals surface area contributed by atoms with Crippen molar-refractivity contribution in [1.29, 1.82) is 0 Å². The number of imide groups is 2. The standard InChI is InChI=1S/C11H6N2O3S/c1-2-6-3-4-7(17-6)5-8-9(14)12-11(16)13-10(8)15/h1,3-5H,(H2,12,13,14,15,16). The van der Waals surface area contributed by atoms with E-state index in [1.54, 1.807) is 12.1 Å². The van der Waals surface area contributed by atoms with Crippen LogP contribution < -0.4 is 10.6 Å². The average Bonchev–Trinajstić information content (AvgIpc) is 2.71. The van der Waals surface area contributed by atoms with Gasteiger partial charge in [0.05, 0.1) is 4.88 Å². The molecule has 1 aromatic rings. The number of thiophene rings is 1. The summed E-state index contributed by atoms with van der Waals surface area (Å²) in [7, 11) is 0. The summed E-state index contributed by atoms with van der Waals surface area (Å²) in [6, 6.07) is 2.60. The van der Waals surface area contributed by atoms with Gasteiger partial charge in [0.2, 0.25) is 0 Å². The van der Waals surface area contributed by atoms with Crippen molar-refractivity contribution < 1.29 is 14.4 Å². The van der Waals surface area contributed by atoms with Crippen molar-refractivity contribution >= 4 is 35.3 Å². The van der Waals surface area contributed by atoms with E-state index in [9.17, 15) is 14.4 Å². The molecule has 0 aliphatic carbocycles. The van der Waals surface area contributed by atoms with Crippen LogP contribution in [0.3, 0.4) is 0 Å². The van der Waals surface area contributed by atoms with Gasteiger partial charge in [-0.1, -0.05) is 5.92 Å². The predicted octanol–water partition coefficient (Wildman–Crippen LogP) is 0.479. The van der Waals surface area contributed by atoms with E-state index in [0.717, 1.165) is 0 Å². The largest absolute Gasteiger partial charge is 0.328 e. The zero-order chi connectivity index (χ0) is 12.4. The van der Waals surface area contributed by atoms with E-state index in [4.69, 9.17) is 6.42 Å². The SMILES string of the molecule is C#Cc1ccc(C=C2C(=O)NC(=O)NC2=O)s1. The van der Waals surface area contributed by atoms with Crippen molar-refractivity contribution in [3.8, 4) is 12.3 Å². The van der Waals surface area contributed by atoms with Gasteiger partial charge < -0.3 is 0 Å². The molecular weight excluding hydrogens is 240 g/mol. The van der Waals surface area contributed by atoms with E-state index in [1.807, 2.05) is 10.6 Å². The summed E-state index contributed by atoms with van der Waals surface area (Å²) in [6.07, 6.45) is 6.60. The summed E-state index contributed by atoms with van der Waals surface area (Å²) in [6.45, 7) is 0. The Balaban J connectivity index is 2.33. The molecule has 1 fully saturated rings. The van der Waals surface area contributed by atoms with Gasteiger partial charge in [-0.15, -0.1) is 17.8 Å². The molecule has 2 rings (SSSR count). The highest BCUT2D eigenvalue weighted by atomic mass is 32.1. The molecule has 0 unspecified atom stereocenters. The number of hydrogen-bond acceptors (Lipinski definition) is 4. The molecular formula is C11H6N2O3S. The molecule has 2 N–H and O–H groups in total. The van der Waals surface area contributed by atoms with Crippen molar-refractivity contribution in [2.75, 3.05) is 0 Å². The van der Waals surface area contributed by atoms with Gasteiger partial charge in [-0.2, -0.15) is 0 Å². The third-order valence-electron chi connectivity index (χ3n) is 2.00. The number of nitrogens with one attached hydrogen (secondary N) is 2. The number of rotatable bonds is 1. The highest BCUT2D eigenvalue weighted by Crippen LogP contribution is 2.19. The summed E-state index contributed by atoms with van der Waals surface area (Å²) in [5.74, 6) is 1.02. The van der Waals surface area contributed by atoms with Crippen molar-refractivity contribution in [1.82, 2.24) is 10.6 Å². The Bertz CT molecular complexity index is 570. The molecule has 17 heavy (non-hydrogen) atoms. The van der Waals surface area contributed by atoms with Gasteiger partial charge in [0.25, 0.3) is 11.8 Å². The van der Waals surface area contributed by atoms with Gasteiger partial charge in [0.15, 0.2) is 0 Å². The first-order valence-electron chi connectivity index (χ1n) is 4.55. The number of amides is 4. The van der Waals surface area contributed by atoms with E-state index < -0.39 is 17.8 Å². The summed E-state index contributed by atoms with van der Waals surface area (Å²) < 4.78 is 0. The lowest BCUT2D eigenvalue weighted by atomic mass is 10.1. The fraction of sp³-hybridized carbons (Fsp3) is 0. The first-order chi connectivity index (χ1) is 8.10. The Hall–Kier alpha value is -2.39. The molecule has 0 spiro atoms. The smallest absolute Gasteiger partial charge is 0.273 e. The maximum Gasteiger partial charge on any atom is 0.328 e. The van der Waals surface area contributed by atoms with Gasteiger partial charge >= 0.3 is 6.03 Å². The molecule has 0 radical (unpaired) electrons. The van der Waals surface area contributed by atoms with Crippen LogP contribution in [-0.4, -0.2) is 17.8 Å². The molecule has 0 saturated carbocycles. The van der Waals surface area contributed by atoms with Crippen molar-refractivity contribution in [3.63, 3.8) is 0 Å². The Morgan fingerprint density at radius 2 is 1.82 bits per heavy atom. The maximum absolute atomic E-state index is 11.4. The fourth-order valence-corrected chi connectivity index (χ4v) is 2.02. The van der Waals surface area contributed by atoms with Crippen molar-refractivity contribution in [3.05, 3.63) is 27.5 Å². The highest BCUT2D eigenvalue weighted by Gasteiger charge is 2.27. The minimum atomic E-state index is -0.812. The Morgan fingerprint density at radius 3 is 2.35 bits per heavy atom. The lowest BCUT2D eigenvalue weighted by molar-refractivity contribution is -0.123. The van der Waals surface area contributed by atoms with Crippen LogP contribution in [0.5, 0.6) is 0 Å². The van der Waals surface area contributed by atoms with E-state index in [2.05, 4.69) is 5.92 Å². The second kappa shape index (κ2) is 4.23. The normalized spacial score (nSPS) is 15.0. The van der Waals surface area contributed by atoms with Gasteiger partial charge in [-0.3, -0.25) is 20.2 Å². The third kappa shape index (κ3) is 2.24. The highest BCUT2D eigenvalue weighted by molar-refractivity contribution is 7.13. The Morgan fingerprint density at radius 1 is 1.18 bits per heavy atom. The summed E-state index contributed by atoms with van der Waals surface area (Å²) in [5.41, 5.74) is -0.116. The number of barbiturate groups is 1. The molecule has 1 saturated heterocycles. The zero-order valence-corrected chi connectivity index (χ0v) is 9.26. The van der Waals surface area contributed by atoms with Crippen LogP contribution >= 0.6 is 11.3 Å². The number of carbonyl (C=O) groups excluding carboxylic acids is 3. The minimum absolute atomic E-state index is 0.116. The number of urea groups is 1. The third-order valence-corrected chi connectivity index (χ3v) is 2.96. The Kier molecular flexibility index (Phi) is 2.77. The van der Waals surface area contributed by atoms with E-state index in [1.165, 1.54) is 17.4 Å². The first kappa shape index (κ1) is 11.1. The molecule has 1 aliphatic heterocycles. The van der Waals surface area contributed by atoms with Crippen LogP contribution in [0.25, 0.3) is 6.08 Å². The molecule has 4 amide bonds. The van der Waals surface area contributed by atoms with E-state index in [-0.39, 0.29) is 5.57 Å². The summed E-state index contributed by atoms with van der Waals surface area (Å²) in [5, 5.41) is 3.97. The summed E-state index contributed by atoms with van der Waals surface area (Å²) >= 11 is 1.27. The quantitative estimate of drug-likeness (QED) is 0.430. The van der Waals surface area contributed by atoms with Crippen LogP contribution in [0, 0.1) is 12.3 Å². The molecule has 5 nitrogen and oxygen atoms in total. The molecule has 1 aliphatic rings. The minimum Gasteiger partial charge on any atom is -0.273 e. The Labute approximate surface area is 101 Å². The lowest BCUT2D eigenvalue weighted by Crippen LogP contribution is -2.51. The summed E-state index contributed by atoms with van der Waals surface area (Å²) in [4.78, 5) is 35.0. The van der Waals surface area contributed by atoms with Gasteiger partial charge in [-0.25, -0.2) is 4.79 Å². The topological polar surface area (TPSA) is 75.3 Å². The molecule has 1 aromatic heterocycles. The number of terminal acetylenes is 1. The van der Waals surface area contributed by atoms with Crippen LogP contribution in [0.15, 0.2) is 17.7 Å². The lowest BCUT2D eigenvalue weighted by Gasteiger charge is -2.13. The first-order valence-corrected chi connectivity index (χ1v) is 5.36. The van der Waals surface area contributed by atoms with Crippen LogP contribution in [0.1, 0.15) is 9.75 Å². The fourth-order valence-electron chi connectivity index (χ4n) is 1.26. The van der Waals surface area contributed by atoms with Gasteiger partial charge in [0, 0.05) is 4.88 Å².